The minimum Gasteiger partial charge on any atom is -0.399 e. The second-order valence-electron chi connectivity index (χ2n) is 3.16. The lowest BCUT2D eigenvalue weighted by molar-refractivity contribution is 0.980. The van der Waals surface area contributed by atoms with Crippen LogP contribution in [0.5, 0.6) is 0 Å². The molecule has 1 aromatic carbocycles. The highest BCUT2D eigenvalue weighted by molar-refractivity contribution is 6.34. The maximum absolute atomic E-state index is 6.02. The van der Waals surface area contributed by atoms with Crippen LogP contribution in [0.3, 0.4) is 0 Å². The molecule has 0 unspecified atom stereocenters. The number of aryl methyl sites for hydroxylation is 1. The summed E-state index contributed by atoms with van der Waals surface area (Å²) in [5.41, 5.74) is 13.4. The average molecular weight is 227 g/mol. The van der Waals surface area contributed by atoms with Gasteiger partial charge in [0.15, 0.2) is 0 Å². The van der Waals surface area contributed by atoms with Gasteiger partial charge in [0.25, 0.3) is 0 Å². The summed E-state index contributed by atoms with van der Waals surface area (Å²) >= 11 is 6.02. The standard InChI is InChI=1S/C10H15ClN4/c1-7-4-8(13)5-9(11)10(7)15-6-14-3-2-12/h4-6H,2-3,12-13H2,1H3,(H,14,15). The van der Waals surface area contributed by atoms with Gasteiger partial charge in [0.1, 0.15) is 0 Å². The fraction of sp³-hybridized carbons (Fsp3) is 0.300. The maximum atomic E-state index is 6.02. The van der Waals surface area contributed by atoms with E-state index >= 15 is 0 Å². The Labute approximate surface area is 94.3 Å². The molecule has 0 saturated carbocycles. The number of halogens is 1. The number of rotatable bonds is 4. The molecule has 0 aliphatic heterocycles. The third-order valence-corrected chi connectivity index (χ3v) is 2.17. The molecule has 1 rings (SSSR count). The molecule has 1 aromatic rings. The molecule has 0 spiro atoms. The van der Waals surface area contributed by atoms with Crippen molar-refractivity contribution >= 4 is 29.3 Å². The van der Waals surface area contributed by atoms with Crippen LogP contribution in [0.25, 0.3) is 0 Å². The van der Waals surface area contributed by atoms with E-state index in [4.69, 9.17) is 23.1 Å². The van der Waals surface area contributed by atoms with Crippen LogP contribution in [0.4, 0.5) is 11.4 Å². The van der Waals surface area contributed by atoms with Gasteiger partial charge in [-0.2, -0.15) is 0 Å². The number of aliphatic imine (C=N–C) groups is 1. The largest absolute Gasteiger partial charge is 0.399 e. The van der Waals surface area contributed by atoms with Crippen LogP contribution >= 0.6 is 11.6 Å². The van der Waals surface area contributed by atoms with Crippen LogP contribution in [-0.2, 0) is 0 Å². The van der Waals surface area contributed by atoms with Crippen molar-refractivity contribution in [1.82, 2.24) is 0 Å². The minimum atomic E-state index is 0.534. The van der Waals surface area contributed by atoms with E-state index in [1.165, 1.54) is 0 Å². The number of anilines is 2. The topological polar surface area (TPSA) is 76.4 Å². The molecule has 0 atom stereocenters. The Morgan fingerprint density at radius 1 is 1.53 bits per heavy atom. The first-order chi connectivity index (χ1) is 7.15. The number of nitrogens with one attached hydrogen (secondary N) is 1. The molecule has 0 aromatic heterocycles. The maximum Gasteiger partial charge on any atom is 0.0868 e. The predicted molar refractivity (Wildman–Crippen MR) is 66.6 cm³/mol. The summed E-state index contributed by atoms with van der Waals surface area (Å²) in [4.78, 5) is 4.04. The molecule has 0 aliphatic carbocycles. The highest BCUT2D eigenvalue weighted by Gasteiger charge is 2.03. The van der Waals surface area contributed by atoms with Crippen molar-refractivity contribution in [3.8, 4) is 0 Å². The lowest BCUT2D eigenvalue weighted by Gasteiger charge is -2.08. The van der Waals surface area contributed by atoms with Crippen LogP contribution in [0.15, 0.2) is 17.1 Å². The van der Waals surface area contributed by atoms with E-state index in [1.807, 2.05) is 13.0 Å². The SMILES string of the molecule is Cc1cc(N)cc(Cl)c1NC=NCCN. The van der Waals surface area contributed by atoms with E-state index in [0.717, 1.165) is 11.3 Å². The van der Waals surface area contributed by atoms with Crippen LogP contribution < -0.4 is 16.8 Å². The molecular formula is C10H15ClN4. The summed E-state index contributed by atoms with van der Waals surface area (Å²) in [6.07, 6.45) is 1.59. The molecule has 4 nitrogen and oxygen atoms in total. The van der Waals surface area contributed by atoms with Crippen molar-refractivity contribution in [2.45, 2.75) is 6.92 Å². The zero-order valence-electron chi connectivity index (χ0n) is 8.63. The van der Waals surface area contributed by atoms with E-state index in [-0.39, 0.29) is 0 Å². The van der Waals surface area contributed by atoms with E-state index in [2.05, 4.69) is 10.3 Å². The van der Waals surface area contributed by atoms with Gasteiger partial charge in [0.05, 0.1) is 23.6 Å². The number of nitrogens with zero attached hydrogens (tertiary/aromatic N) is 1. The van der Waals surface area contributed by atoms with Crippen molar-refractivity contribution in [3.05, 3.63) is 22.7 Å². The highest BCUT2D eigenvalue weighted by Crippen LogP contribution is 2.27. The first-order valence-electron chi connectivity index (χ1n) is 4.65. The number of benzene rings is 1. The molecule has 0 radical (unpaired) electrons. The molecule has 15 heavy (non-hydrogen) atoms. The highest BCUT2D eigenvalue weighted by atomic mass is 35.5. The summed E-state index contributed by atoms with van der Waals surface area (Å²) in [5, 5.41) is 3.60. The summed E-state index contributed by atoms with van der Waals surface area (Å²) in [7, 11) is 0. The van der Waals surface area contributed by atoms with Crippen LogP contribution in [0.2, 0.25) is 5.02 Å². The fourth-order valence-electron chi connectivity index (χ4n) is 1.20. The molecule has 0 heterocycles. The lowest BCUT2D eigenvalue weighted by atomic mass is 10.2. The van der Waals surface area contributed by atoms with E-state index in [9.17, 15) is 0 Å². The van der Waals surface area contributed by atoms with Gasteiger partial charge in [-0.05, 0) is 24.6 Å². The van der Waals surface area contributed by atoms with Gasteiger partial charge < -0.3 is 16.8 Å². The summed E-state index contributed by atoms with van der Waals surface area (Å²) < 4.78 is 0. The van der Waals surface area contributed by atoms with E-state index < -0.39 is 0 Å². The number of hydrogen-bond acceptors (Lipinski definition) is 3. The monoisotopic (exact) mass is 226 g/mol. The Morgan fingerprint density at radius 3 is 2.87 bits per heavy atom. The van der Waals surface area contributed by atoms with Gasteiger partial charge in [-0.3, -0.25) is 4.99 Å². The number of nitrogens with two attached hydrogens (primary N) is 2. The van der Waals surface area contributed by atoms with Crippen molar-refractivity contribution in [1.29, 1.82) is 0 Å². The average Bonchev–Trinajstić information content (AvgIpc) is 2.15. The van der Waals surface area contributed by atoms with E-state index in [1.54, 1.807) is 12.4 Å². The Bertz CT molecular complexity index is 339. The van der Waals surface area contributed by atoms with Gasteiger partial charge in [-0.1, -0.05) is 11.6 Å². The first-order valence-corrected chi connectivity index (χ1v) is 5.03. The Kier molecular flexibility index (Phi) is 4.39. The Hall–Kier alpha value is -1.26. The number of hydrogen-bond donors (Lipinski definition) is 3. The molecule has 82 valence electrons. The molecule has 0 fully saturated rings. The zero-order valence-corrected chi connectivity index (χ0v) is 9.38. The first kappa shape index (κ1) is 11.8. The summed E-state index contributed by atoms with van der Waals surface area (Å²) in [6.45, 7) is 3.06. The molecule has 0 bridgehead atoms. The van der Waals surface area contributed by atoms with Crippen molar-refractivity contribution < 1.29 is 0 Å². The fourth-order valence-corrected chi connectivity index (χ4v) is 1.53. The van der Waals surface area contributed by atoms with Crippen LogP contribution in [-0.4, -0.2) is 19.4 Å². The molecular weight excluding hydrogens is 212 g/mol. The van der Waals surface area contributed by atoms with Gasteiger partial charge in [-0.25, -0.2) is 0 Å². The van der Waals surface area contributed by atoms with Gasteiger partial charge in [0, 0.05) is 12.2 Å². The third-order valence-electron chi connectivity index (χ3n) is 1.87. The predicted octanol–water partition coefficient (Wildman–Crippen LogP) is 1.63. The second-order valence-corrected chi connectivity index (χ2v) is 3.57. The van der Waals surface area contributed by atoms with Gasteiger partial charge in [-0.15, -0.1) is 0 Å². The number of nitrogen functional groups attached to an aromatic ring is 1. The van der Waals surface area contributed by atoms with Crippen molar-refractivity contribution in [3.63, 3.8) is 0 Å². The van der Waals surface area contributed by atoms with Crippen LogP contribution in [0, 0.1) is 6.92 Å². The van der Waals surface area contributed by atoms with Crippen molar-refractivity contribution in [2.24, 2.45) is 10.7 Å². The normalized spacial score (nSPS) is 10.9. The summed E-state index contributed by atoms with van der Waals surface area (Å²) in [6, 6.07) is 3.55. The van der Waals surface area contributed by atoms with Gasteiger partial charge >= 0.3 is 0 Å². The third kappa shape index (κ3) is 3.42. The molecule has 0 aliphatic rings. The quantitative estimate of drug-likeness (QED) is 0.415. The smallest absolute Gasteiger partial charge is 0.0868 e. The minimum absolute atomic E-state index is 0.534. The van der Waals surface area contributed by atoms with Crippen molar-refractivity contribution in [2.75, 3.05) is 24.1 Å². The molecule has 5 N–H and O–H groups in total. The van der Waals surface area contributed by atoms with Gasteiger partial charge in [0.2, 0.25) is 0 Å². The Balaban J connectivity index is 2.77. The zero-order chi connectivity index (χ0) is 11.3. The Morgan fingerprint density at radius 2 is 2.27 bits per heavy atom. The van der Waals surface area contributed by atoms with E-state index in [0.29, 0.717) is 23.8 Å². The lowest BCUT2D eigenvalue weighted by Crippen LogP contribution is -2.05. The second kappa shape index (κ2) is 5.58. The molecule has 0 saturated heterocycles. The molecule has 0 amide bonds. The van der Waals surface area contributed by atoms with Crippen LogP contribution in [0.1, 0.15) is 5.56 Å². The summed E-state index contributed by atoms with van der Waals surface area (Å²) in [5.74, 6) is 0. The molecule has 5 heteroatoms.